The minimum atomic E-state index is 0.759. The smallest absolute Gasteiger partial charge is 0.142 e. The van der Waals surface area contributed by atoms with Crippen molar-refractivity contribution in [3.05, 3.63) is 22.7 Å². The lowest BCUT2D eigenvalue weighted by atomic mass is 10.2. The number of hydrogen-bond acceptors (Lipinski definition) is 2. The fraction of sp³-hybridized carbons (Fsp3) is 0.455. The van der Waals surface area contributed by atoms with E-state index in [1.165, 1.54) is 6.42 Å². The van der Waals surface area contributed by atoms with Gasteiger partial charge in [-0.2, -0.15) is 0 Å². The summed E-state index contributed by atoms with van der Waals surface area (Å²) in [7, 11) is 0. The highest BCUT2D eigenvalue weighted by molar-refractivity contribution is 9.10. The Balaban J connectivity index is 0.000000293. The Labute approximate surface area is 93.8 Å². The molecule has 0 saturated carbocycles. The number of nitrogens with one attached hydrogen (secondary N) is 1. The zero-order valence-electron chi connectivity index (χ0n) is 8.64. The highest BCUT2D eigenvalue weighted by atomic mass is 79.9. The van der Waals surface area contributed by atoms with Crippen LogP contribution in [0.4, 0.5) is 5.69 Å². The second kappa shape index (κ2) is 5.91. The van der Waals surface area contributed by atoms with Gasteiger partial charge in [0.25, 0.3) is 0 Å². The van der Waals surface area contributed by atoms with Gasteiger partial charge in [0.2, 0.25) is 0 Å². The van der Waals surface area contributed by atoms with Gasteiger partial charge in [-0.05, 0) is 18.2 Å². The highest BCUT2D eigenvalue weighted by Crippen LogP contribution is 2.29. The van der Waals surface area contributed by atoms with Crippen molar-refractivity contribution >= 4 is 21.6 Å². The number of rotatable bonds is 0. The van der Waals surface area contributed by atoms with Gasteiger partial charge in [-0.1, -0.05) is 36.2 Å². The molecule has 1 heterocycles. The maximum absolute atomic E-state index is 5.40. The first-order valence-corrected chi connectivity index (χ1v) is 5.73. The first-order valence-electron chi connectivity index (χ1n) is 4.94. The van der Waals surface area contributed by atoms with E-state index in [4.69, 9.17) is 4.74 Å². The molecule has 0 atom stereocenters. The van der Waals surface area contributed by atoms with Crippen LogP contribution >= 0.6 is 15.9 Å². The zero-order chi connectivity index (χ0) is 10.4. The van der Waals surface area contributed by atoms with Gasteiger partial charge in [-0.15, -0.1) is 0 Å². The monoisotopic (exact) mass is 257 g/mol. The van der Waals surface area contributed by atoms with Crippen molar-refractivity contribution in [2.24, 2.45) is 0 Å². The molecule has 1 aromatic carbocycles. The molecule has 0 unspecified atom stereocenters. The van der Waals surface area contributed by atoms with Crippen LogP contribution in [0.5, 0.6) is 5.75 Å². The van der Waals surface area contributed by atoms with Crippen molar-refractivity contribution in [3.8, 4) is 5.75 Å². The summed E-state index contributed by atoms with van der Waals surface area (Å²) in [5, 5.41) is 3.25. The molecule has 1 aliphatic heterocycles. The number of halogens is 1. The Hall–Kier alpha value is -0.700. The maximum atomic E-state index is 5.40. The van der Waals surface area contributed by atoms with Crippen LogP contribution in [0.25, 0.3) is 0 Å². The van der Waals surface area contributed by atoms with E-state index in [0.29, 0.717) is 0 Å². The van der Waals surface area contributed by atoms with Gasteiger partial charge in [0, 0.05) is 11.0 Å². The standard InChI is InChI=1S/C8H8BrNO.C3H8/c9-6-1-2-8-7(5-6)10-3-4-11-8;1-3-2/h1-2,5,10H,3-4H2;3H2,1-2H3. The number of anilines is 1. The normalized spacial score (nSPS) is 12.8. The molecule has 2 rings (SSSR count). The van der Waals surface area contributed by atoms with E-state index in [2.05, 4.69) is 35.1 Å². The third kappa shape index (κ3) is 3.22. The Morgan fingerprint density at radius 1 is 1.43 bits per heavy atom. The fourth-order valence-electron chi connectivity index (χ4n) is 1.11. The van der Waals surface area contributed by atoms with Crippen LogP contribution in [-0.4, -0.2) is 13.2 Å². The maximum Gasteiger partial charge on any atom is 0.142 e. The third-order valence-electron chi connectivity index (χ3n) is 1.62. The van der Waals surface area contributed by atoms with Gasteiger partial charge in [0.05, 0.1) is 5.69 Å². The first-order chi connectivity index (χ1) is 6.77. The summed E-state index contributed by atoms with van der Waals surface area (Å²) < 4.78 is 6.47. The molecule has 0 fully saturated rings. The van der Waals surface area contributed by atoms with Gasteiger partial charge < -0.3 is 10.1 Å². The molecule has 0 aliphatic carbocycles. The summed E-state index contributed by atoms with van der Waals surface area (Å²) in [4.78, 5) is 0. The molecule has 0 spiro atoms. The number of ether oxygens (including phenoxy) is 1. The second-order valence-electron chi connectivity index (χ2n) is 3.12. The van der Waals surface area contributed by atoms with E-state index in [-0.39, 0.29) is 0 Å². The van der Waals surface area contributed by atoms with Gasteiger partial charge >= 0.3 is 0 Å². The summed E-state index contributed by atoms with van der Waals surface area (Å²) in [5.74, 6) is 0.944. The molecular weight excluding hydrogens is 242 g/mol. The molecule has 3 heteroatoms. The molecule has 2 nitrogen and oxygen atoms in total. The molecule has 1 N–H and O–H groups in total. The van der Waals surface area contributed by atoms with Crippen LogP contribution in [0.3, 0.4) is 0 Å². The quantitative estimate of drug-likeness (QED) is 0.766. The van der Waals surface area contributed by atoms with Crippen molar-refractivity contribution in [3.63, 3.8) is 0 Å². The fourth-order valence-corrected chi connectivity index (χ4v) is 1.47. The van der Waals surface area contributed by atoms with Crippen LogP contribution in [0.15, 0.2) is 22.7 Å². The molecule has 0 bridgehead atoms. The van der Waals surface area contributed by atoms with Crippen molar-refractivity contribution in [1.82, 2.24) is 0 Å². The lowest BCUT2D eigenvalue weighted by molar-refractivity contribution is 0.323. The minimum absolute atomic E-state index is 0.759. The lowest BCUT2D eigenvalue weighted by Crippen LogP contribution is -2.17. The Bertz CT molecular complexity index is 289. The van der Waals surface area contributed by atoms with Gasteiger partial charge in [-0.25, -0.2) is 0 Å². The average molecular weight is 258 g/mol. The summed E-state index contributed by atoms with van der Waals surface area (Å²) in [6.07, 6.45) is 1.25. The van der Waals surface area contributed by atoms with E-state index >= 15 is 0 Å². The average Bonchev–Trinajstić information content (AvgIpc) is 2.19. The molecule has 1 aromatic rings. The van der Waals surface area contributed by atoms with E-state index in [9.17, 15) is 0 Å². The van der Waals surface area contributed by atoms with E-state index in [1.54, 1.807) is 0 Å². The van der Waals surface area contributed by atoms with Crippen LogP contribution in [0.2, 0.25) is 0 Å². The van der Waals surface area contributed by atoms with Crippen LogP contribution in [0.1, 0.15) is 20.3 Å². The predicted octanol–water partition coefficient (Wildman–Crippen LogP) is 3.67. The van der Waals surface area contributed by atoms with Crippen molar-refractivity contribution in [1.29, 1.82) is 0 Å². The molecule has 78 valence electrons. The van der Waals surface area contributed by atoms with Gasteiger partial charge in [0.1, 0.15) is 12.4 Å². The van der Waals surface area contributed by atoms with Crippen LogP contribution in [0, 0.1) is 0 Å². The largest absolute Gasteiger partial charge is 0.490 e. The molecule has 0 saturated heterocycles. The Morgan fingerprint density at radius 3 is 2.86 bits per heavy atom. The van der Waals surface area contributed by atoms with Gasteiger partial charge in [0.15, 0.2) is 0 Å². The molecule has 0 aromatic heterocycles. The Morgan fingerprint density at radius 2 is 2.14 bits per heavy atom. The van der Waals surface area contributed by atoms with Gasteiger partial charge in [-0.3, -0.25) is 0 Å². The highest BCUT2D eigenvalue weighted by Gasteiger charge is 2.07. The summed E-state index contributed by atoms with van der Waals surface area (Å²) in [6.45, 7) is 5.90. The number of hydrogen-bond donors (Lipinski definition) is 1. The van der Waals surface area contributed by atoms with Crippen LogP contribution in [-0.2, 0) is 0 Å². The second-order valence-corrected chi connectivity index (χ2v) is 4.04. The van der Waals surface area contributed by atoms with Crippen molar-refractivity contribution in [2.45, 2.75) is 20.3 Å². The predicted molar refractivity (Wildman–Crippen MR) is 64.1 cm³/mol. The summed E-state index contributed by atoms with van der Waals surface area (Å²) in [5.41, 5.74) is 1.07. The van der Waals surface area contributed by atoms with E-state index in [0.717, 1.165) is 29.1 Å². The SMILES string of the molecule is Brc1ccc2c(c1)NCCO2.CCC. The van der Waals surface area contributed by atoms with Crippen molar-refractivity contribution in [2.75, 3.05) is 18.5 Å². The zero-order valence-corrected chi connectivity index (χ0v) is 10.2. The number of benzene rings is 1. The topological polar surface area (TPSA) is 21.3 Å². The molecule has 0 radical (unpaired) electrons. The minimum Gasteiger partial charge on any atom is -0.490 e. The van der Waals surface area contributed by atoms with E-state index in [1.807, 2.05) is 18.2 Å². The number of fused-ring (bicyclic) bond motifs is 1. The molecule has 1 aliphatic rings. The lowest BCUT2D eigenvalue weighted by Gasteiger charge is -2.18. The van der Waals surface area contributed by atoms with E-state index < -0.39 is 0 Å². The third-order valence-corrected chi connectivity index (χ3v) is 2.11. The van der Waals surface area contributed by atoms with Crippen molar-refractivity contribution < 1.29 is 4.74 Å². The molecular formula is C11H16BrNO. The molecule has 0 amide bonds. The first kappa shape index (κ1) is 11.4. The Kier molecular flexibility index (Phi) is 4.80. The summed E-state index contributed by atoms with van der Waals surface area (Å²) in [6, 6.07) is 5.96. The van der Waals surface area contributed by atoms with Crippen LogP contribution < -0.4 is 10.1 Å². The molecule has 14 heavy (non-hydrogen) atoms. The summed E-state index contributed by atoms with van der Waals surface area (Å²) >= 11 is 3.39.